The van der Waals surface area contributed by atoms with Crippen LogP contribution in [0.3, 0.4) is 0 Å². The molecule has 2 amide bonds. The summed E-state index contributed by atoms with van der Waals surface area (Å²) in [6.07, 6.45) is -6.95. The van der Waals surface area contributed by atoms with Gasteiger partial charge in [0, 0.05) is 36.1 Å². The Hall–Kier alpha value is -4.10. The molecule has 0 radical (unpaired) electrons. The molecule has 2 N–H and O–H groups in total. The molecule has 1 unspecified atom stereocenters. The van der Waals surface area contributed by atoms with Crippen molar-refractivity contribution < 1.29 is 40.9 Å². The highest BCUT2D eigenvalue weighted by Crippen LogP contribution is 2.34. The van der Waals surface area contributed by atoms with Crippen LogP contribution in [0.5, 0.6) is 0 Å². The highest BCUT2D eigenvalue weighted by Gasteiger charge is 2.36. The van der Waals surface area contributed by atoms with E-state index in [4.69, 9.17) is 0 Å². The second-order valence-electron chi connectivity index (χ2n) is 8.67. The molecule has 0 fully saturated rings. The van der Waals surface area contributed by atoms with Crippen LogP contribution < -0.4 is 15.5 Å². The minimum absolute atomic E-state index is 0.0930. The van der Waals surface area contributed by atoms with Crippen molar-refractivity contribution in [2.75, 3.05) is 16.8 Å². The number of nitro benzene ring substituents is 1. The number of anilines is 2. The molecule has 8 nitrogen and oxygen atoms in total. The molecule has 0 bridgehead atoms. The molecular formula is C24H22F6N4O4. The lowest BCUT2D eigenvalue weighted by Gasteiger charge is -2.29. The van der Waals surface area contributed by atoms with Crippen molar-refractivity contribution in [1.29, 1.82) is 0 Å². The first kappa shape index (κ1) is 28.5. The Labute approximate surface area is 212 Å². The van der Waals surface area contributed by atoms with Gasteiger partial charge in [-0.15, -0.1) is 0 Å². The van der Waals surface area contributed by atoms with Crippen LogP contribution in [0.15, 0.2) is 54.6 Å². The fourth-order valence-corrected chi connectivity index (χ4v) is 3.69. The van der Waals surface area contributed by atoms with Crippen LogP contribution in [0, 0.1) is 16.0 Å². The largest absolute Gasteiger partial charge is 0.416 e. The molecule has 2 aromatic carbocycles. The number of nitrogens with zero attached hydrogens (tertiary/aromatic N) is 2. The summed E-state index contributed by atoms with van der Waals surface area (Å²) in [7, 11) is 0. The third-order valence-corrected chi connectivity index (χ3v) is 5.82. The number of alkyl halides is 6. The minimum atomic E-state index is -4.85. The second kappa shape index (κ2) is 10.7. The number of halogens is 6. The Bertz CT molecular complexity index is 1260. The van der Waals surface area contributed by atoms with Gasteiger partial charge >= 0.3 is 12.4 Å². The van der Waals surface area contributed by atoms with E-state index in [1.807, 2.05) is 0 Å². The van der Waals surface area contributed by atoms with Crippen LogP contribution in [0.25, 0.3) is 0 Å². The molecule has 0 saturated carbocycles. The number of hydrogen-bond donors (Lipinski definition) is 2. The zero-order valence-corrected chi connectivity index (χ0v) is 19.9. The summed E-state index contributed by atoms with van der Waals surface area (Å²) in [5, 5.41) is 15.9. The first-order valence-electron chi connectivity index (χ1n) is 11.2. The van der Waals surface area contributed by atoms with Crippen LogP contribution >= 0.6 is 0 Å². The predicted octanol–water partition coefficient (Wildman–Crippen LogP) is 5.37. The van der Waals surface area contributed by atoms with Gasteiger partial charge in [0.25, 0.3) is 11.6 Å². The summed E-state index contributed by atoms with van der Waals surface area (Å²) in [6.45, 7) is 2.08. The van der Waals surface area contributed by atoms with E-state index in [9.17, 15) is 46.0 Å². The molecule has 204 valence electrons. The lowest BCUT2D eigenvalue weighted by molar-refractivity contribution is -0.385. The molecule has 0 spiro atoms. The topological polar surface area (TPSA) is 105 Å². The molecule has 3 atom stereocenters. The maximum absolute atomic E-state index is 13.2. The smallest absolute Gasteiger partial charge is 0.374 e. The Morgan fingerprint density at radius 1 is 1.11 bits per heavy atom. The molecular weight excluding hydrogens is 522 g/mol. The SMILES string of the molecule is C[C@H](Nc1cccc(N2CC(C(=O)N[C@H](C)c3cc([N+](=O)[O-])cc(C(F)(F)F)c3)C=CC2=O)c1)C(F)(F)F. The van der Waals surface area contributed by atoms with Crippen molar-refractivity contribution in [2.45, 2.75) is 38.3 Å². The molecule has 1 aliphatic heterocycles. The van der Waals surface area contributed by atoms with Gasteiger partial charge in [0.2, 0.25) is 5.91 Å². The van der Waals surface area contributed by atoms with Crippen LogP contribution in [0.2, 0.25) is 0 Å². The first-order chi connectivity index (χ1) is 17.6. The third kappa shape index (κ3) is 6.81. The van der Waals surface area contributed by atoms with Crippen LogP contribution in [0.1, 0.15) is 31.0 Å². The van der Waals surface area contributed by atoms with Crippen molar-refractivity contribution in [3.05, 3.63) is 75.9 Å². The summed E-state index contributed by atoms with van der Waals surface area (Å²) >= 11 is 0. The molecule has 2 aromatic rings. The van der Waals surface area contributed by atoms with Gasteiger partial charge in [-0.05, 0) is 43.7 Å². The Kier molecular flexibility index (Phi) is 8.03. The molecule has 14 heteroatoms. The fraction of sp³-hybridized carbons (Fsp3) is 0.333. The summed E-state index contributed by atoms with van der Waals surface area (Å²) in [4.78, 5) is 36.7. The van der Waals surface area contributed by atoms with Crippen molar-refractivity contribution in [2.24, 2.45) is 5.92 Å². The Balaban J connectivity index is 1.77. The van der Waals surface area contributed by atoms with Gasteiger partial charge in [0.05, 0.1) is 22.4 Å². The van der Waals surface area contributed by atoms with E-state index in [2.05, 4.69) is 10.6 Å². The highest BCUT2D eigenvalue weighted by molar-refractivity contribution is 6.04. The van der Waals surface area contributed by atoms with E-state index in [0.29, 0.717) is 12.1 Å². The second-order valence-corrected chi connectivity index (χ2v) is 8.67. The van der Waals surface area contributed by atoms with Gasteiger partial charge in [-0.1, -0.05) is 12.1 Å². The number of carbonyl (C=O) groups excluding carboxylic acids is 2. The predicted molar refractivity (Wildman–Crippen MR) is 125 cm³/mol. The van der Waals surface area contributed by atoms with Crippen LogP contribution in [-0.4, -0.2) is 35.5 Å². The summed E-state index contributed by atoms with van der Waals surface area (Å²) in [5.41, 5.74) is -1.87. The molecule has 1 aliphatic rings. The van der Waals surface area contributed by atoms with E-state index in [1.165, 1.54) is 42.2 Å². The van der Waals surface area contributed by atoms with Gasteiger partial charge < -0.3 is 15.5 Å². The summed E-state index contributed by atoms with van der Waals surface area (Å²) in [6, 6.07) is 4.71. The lowest BCUT2D eigenvalue weighted by Crippen LogP contribution is -2.44. The van der Waals surface area contributed by atoms with E-state index in [0.717, 1.165) is 19.1 Å². The number of benzene rings is 2. The van der Waals surface area contributed by atoms with Crippen molar-refractivity contribution in [3.8, 4) is 0 Å². The average molecular weight is 544 g/mol. The van der Waals surface area contributed by atoms with Gasteiger partial charge in [-0.3, -0.25) is 19.7 Å². The number of nitro groups is 1. The molecule has 0 saturated heterocycles. The van der Waals surface area contributed by atoms with Crippen molar-refractivity contribution in [1.82, 2.24) is 5.32 Å². The number of nitrogens with one attached hydrogen (secondary N) is 2. The van der Waals surface area contributed by atoms with Crippen molar-refractivity contribution in [3.63, 3.8) is 0 Å². The van der Waals surface area contributed by atoms with E-state index < -0.39 is 58.3 Å². The minimum Gasteiger partial charge on any atom is -0.374 e. The zero-order valence-electron chi connectivity index (χ0n) is 19.9. The van der Waals surface area contributed by atoms with Gasteiger partial charge in [-0.25, -0.2) is 0 Å². The lowest BCUT2D eigenvalue weighted by atomic mass is 10.00. The standard InChI is InChI=1S/C24H22F6N4O4/c1-13(16-8-17(24(28,29)30)10-20(9-16)34(37)38)31-22(36)15-6-7-21(35)33(12-15)19-5-3-4-18(11-19)32-14(2)23(25,26)27/h3-11,13-15,32H,12H2,1-2H3,(H,31,36)/t13-,14+,15?/m1/s1. The van der Waals surface area contributed by atoms with E-state index in [1.54, 1.807) is 0 Å². The molecule has 0 aromatic heterocycles. The van der Waals surface area contributed by atoms with E-state index in [-0.39, 0.29) is 23.5 Å². The Morgan fingerprint density at radius 3 is 2.39 bits per heavy atom. The normalized spacial score (nSPS) is 17.6. The maximum atomic E-state index is 13.2. The molecule has 0 aliphatic carbocycles. The van der Waals surface area contributed by atoms with E-state index >= 15 is 0 Å². The number of rotatable bonds is 7. The monoisotopic (exact) mass is 544 g/mol. The molecule has 1 heterocycles. The average Bonchev–Trinajstić information content (AvgIpc) is 2.83. The highest BCUT2D eigenvalue weighted by atomic mass is 19.4. The third-order valence-electron chi connectivity index (χ3n) is 5.82. The van der Waals surface area contributed by atoms with Crippen LogP contribution in [-0.2, 0) is 15.8 Å². The number of carbonyl (C=O) groups is 2. The fourth-order valence-electron chi connectivity index (χ4n) is 3.69. The van der Waals surface area contributed by atoms with Crippen molar-refractivity contribution >= 4 is 28.9 Å². The molecule has 38 heavy (non-hydrogen) atoms. The maximum Gasteiger partial charge on any atom is 0.416 e. The van der Waals surface area contributed by atoms with Gasteiger partial charge in [-0.2, -0.15) is 26.3 Å². The van der Waals surface area contributed by atoms with Gasteiger partial charge in [0.1, 0.15) is 6.04 Å². The zero-order chi connectivity index (χ0) is 28.4. The molecule has 3 rings (SSSR count). The Morgan fingerprint density at radius 2 is 1.79 bits per heavy atom. The number of amides is 2. The van der Waals surface area contributed by atoms with Gasteiger partial charge in [0.15, 0.2) is 0 Å². The quantitative estimate of drug-likeness (QED) is 0.277. The summed E-state index contributed by atoms with van der Waals surface area (Å²) in [5.74, 6) is -2.16. The number of non-ortho nitro benzene ring substituents is 1. The summed E-state index contributed by atoms with van der Waals surface area (Å²) < 4.78 is 78.3. The van der Waals surface area contributed by atoms with Crippen LogP contribution in [0.4, 0.5) is 43.4 Å². The number of hydrogen-bond acceptors (Lipinski definition) is 5. The first-order valence-corrected chi connectivity index (χ1v) is 11.2.